The van der Waals surface area contributed by atoms with E-state index >= 15 is 0 Å². The molecule has 1 heterocycles. The molecule has 1 unspecified atom stereocenters. The van der Waals surface area contributed by atoms with Gasteiger partial charge in [-0.15, -0.1) is 0 Å². The van der Waals surface area contributed by atoms with Gasteiger partial charge in [0, 0.05) is 5.56 Å². The molecule has 0 bridgehead atoms. The predicted octanol–water partition coefficient (Wildman–Crippen LogP) is 7.47. The molecule has 0 radical (unpaired) electrons. The maximum atomic E-state index is 13.5. The molecule has 1 aliphatic rings. The minimum atomic E-state index is -10.2. The quantitative estimate of drug-likeness (QED) is 0.269. The van der Waals surface area contributed by atoms with Crippen molar-refractivity contribution < 1.29 is 34.1 Å². The third-order valence-corrected chi connectivity index (χ3v) is 8.12. The van der Waals surface area contributed by atoms with Crippen LogP contribution in [0.3, 0.4) is 0 Å². The summed E-state index contributed by atoms with van der Waals surface area (Å²) in [7, 11) is -10.2. The Balaban J connectivity index is 2.10. The third-order valence-electron chi connectivity index (χ3n) is 6.42. The van der Waals surface area contributed by atoms with Crippen LogP contribution in [-0.4, -0.2) is 26.9 Å². The largest absolute Gasteiger partial charge is 0.465 e. The molecule has 39 heavy (non-hydrogen) atoms. The lowest BCUT2D eigenvalue weighted by Crippen LogP contribution is -2.37. The van der Waals surface area contributed by atoms with Crippen LogP contribution in [0.15, 0.2) is 47.4 Å². The summed E-state index contributed by atoms with van der Waals surface area (Å²) in [6.45, 7) is 1.47. The Labute approximate surface area is 228 Å². The van der Waals surface area contributed by atoms with Gasteiger partial charge in [-0.05, 0) is 37.5 Å². The number of rotatable bonds is 7. The number of carbonyl (C=O) groups is 2. The van der Waals surface area contributed by atoms with Crippen LogP contribution in [0, 0.1) is 11.3 Å². The molecule has 1 aromatic heterocycles. The van der Waals surface area contributed by atoms with Crippen molar-refractivity contribution in [2.24, 2.45) is 5.73 Å². The van der Waals surface area contributed by atoms with Crippen LogP contribution in [0.5, 0.6) is 0 Å². The summed E-state index contributed by atoms with van der Waals surface area (Å²) in [6, 6.07) is 8.73. The van der Waals surface area contributed by atoms with Crippen molar-refractivity contribution in [3.8, 4) is 11.8 Å². The molecule has 4 rings (SSSR count). The molecule has 208 valence electrons. The first-order valence-corrected chi connectivity index (χ1v) is 13.7. The average molecular weight is 610 g/mol. The van der Waals surface area contributed by atoms with Crippen molar-refractivity contribution in [2.75, 3.05) is 4.90 Å². The summed E-state index contributed by atoms with van der Waals surface area (Å²) in [5.41, 5.74) is 3.25. The number of nitrogens with two attached hydrogens (primary N) is 1. The first kappa shape index (κ1) is 28.5. The van der Waals surface area contributed by atoms with Crippen LogP contribution >= 0.6 is 33.4 Å². The number of anilines is 1. The van der Waals surface area contributed by atoms with Gasteiger partial charge in [0.15, 0.2) is 5.69 Å². The number of hydrogen-bond acceptors (Lipinski definition) is 4. The Kier molecular flexibility index (Phi) is 6.19. The second kappa shape index (κ2) is 8.48. The molecule has 3 N–H and O–H groups in total. The standard InChI is InChI=1S/C23H18Cl2F5N5O3S/c1-12(13-5-3-2-4-6-13)34(22(37)38)20-18(23(7-8-23)21(32)36)17(11-31)33-35(20)19-15(24)9-14(10-16(19)25)39(26,27,28,29)30/h2-6,9-10,12H,7-8H2,1H3,(H2,32,36)(H,37,38). The second-order valence-corrected chi connectivity index (χ2v) is 12.2. The molecular weight excluding hydrogens is 592 g/mol. The summed E-state index contributed by atoms with van der Waals surface area (Å²) in [4.78, 5) is 23.5. The zero-order valence-corrected chi connectivity index (χ0v) is 22.0. The molecule has 1 fully saturated rings. The van der Waals surface area contributed by atoms with Gasteiger partial charge in [0.1, 0.15) is 22.5 Å². The normalized spacial score (nSPS) is 16.9. The molecule has 1 aliphatic carbocycles. The zero-order chi connectivity index (χ0) is 29.2. The molecule has 3 aromatic rings. The minimum Gasteiger partial charge on any atom is -0.465 e. The number of halogens is 7. The first-order valence-electron chi connectivity index (χ1n) is 11.0. The van der Waals surface area contributed by atoms with Gasteiger partial charge in [0.25, 0.3) is 0 Å². The fourth-order valence-corrected chi connectivity index (χ4v) is 5.80. The molecule has 16 heteroatoms. The van der Waals surface area contributed by atoms with Gasteiger partial charge in [0.2, 0.25) is 5.91 Å². The number of primary amides is 1. The van der Waals surface area contributed by atoms with Gasteiger partial charge in [-0.1, -0.05) is 73.0 Å². The summed E-state index contributed by atoms with van der Waals surface area (Å²) < 4.78 is 68.2. The smallest absolute Gasteiger partial charge is 0.413 e. The summed E-state index contributed by atoms with van der Waals surface area (Å²) in [5.74, 6) is -1.35. The molecule has 0 spiro atoms. The van der Waals surface area contributed by atoms with Crippen molar-refractivity contribution >= 4 is 51.2 Å². The molecule has 2 aromatic carbocycles. The number of nitrogens with zero attached hydrogens (tertiary/aromatic N) is 4. The van der Waals surface area contributed by atoms with E-state index in [0.717, 1.165) is 4.90 Å². The fourth-order valence-electron chi connectivity index (χ4n) is 4.34. The van der Waals surface area contributed by atoms with Crippen LogP contribution in [0.1, 0.15) is 42.6 Å². The summed E-state index contributed by atoms with van der Waals surface area (Å²) >= 11 is 12.1. The van der Waals surface area contributed by atoms with Gasteiger partial charge in [-0.25, -0.2) is 9.48 Å². The number of nitriles is 1. The number of carbonyl (C=O) groups excluding carboxylic acids is 1. The highest BCUT2D eigenvalue weighted by atomic mass is 35.5. The molecule has 0 saturated heterocycles. The Morgan fingerprint density at radius 1 is 1.15 bits per heavy atom. The van der Waals surface area contributed by atoms with E-state index < -0.39 is 65.8 Å². The molecule has 8 nitrogen and oxygen atoms in total. The third kappa shape index (κ3) is 4.97. The number of benzene rings is 2. The molecule has 1 atom stereocenters. The Morgan fingerprint density at radius 2 is 1.69 bits per heavy atom. The molecule has 0 aliphatic heterocycles. The predicted molar refractivity (Wildman–Crippen MR) is 135 cm³/mol. The lowest BCUT2D eigenvalue weighted by molar-refractivity contribution is -0.120. The number of carboxylic acid groups (broad SMARTS) is 1. The highest BCUT2D eigenvalue weighted by Gasteiger charge is 2.66. The van der Waals surface area contributed by atoms with E-state index in [9.17, 15) is 39.4 Å². The van der Waals surface area contributed by atoms with Gasteiger partial charge in [-0.2, -0.15) is 10.4 Å². The minimum absolute atomic E-state index is 0.0613. The lowest BCUT2D eigenvalue weighted by atomic mass is 9.93. The van der Waals surface area contributed by atoms with Gasteiger partial charge < -0.3 is 10.8 Å². The maximum absolute atomic E-state index is 13.5. The highest BCUT2D eigenvalue weighted by Crippen LogP contribution is 3.02. The van der Waals surface area contributed by atoms with Crippen LogP contribution in [0.4, 0.5) is 30.0 Å². The van der Waals surface area contributed by atoms with E-state index in [0.29, 0.717) is 10.2 Å². The SMILES string of the molecule is CC(c1ccccc1)N(C(=O)O)c1c(C2(C(N)=O)CC2)c(C#N)nn1-c1c(Cl)cc(S(F)(F)(F)(F)F)cc1Cl. The van der Waals surface area contributed by atoms with Crippen LogP contribution in [0.2, 0.25) is 10.0 Å². The zero-order valence-electron chi connectivity index (χ0n) is 19.7. The van der Waals surface area contributed by atoms with Gasteiger partial charge in [-0.3, -0.25) is 9.69 Å². The maximum Gasteiger partial charge on any atom is 0.413 e. The van der Waals surface area contributed by atoms with Crippen LogP contribution in [-0.2, 0) is 10.2 Å². The van der Waals surface area contributed by atoms with Gasteiger partial charge in [0.05, 0.1) is 21.5 Å². The Morgan fingerprint density at radius 3 is 2.10 bits per heavy atom. The van der Waals surface area contributed by atoms with Crippen molar-refractivity contribution in [3.05, 3.63) is 69.3 Å². The molecule has 2 amide bonds. The lowest BCUT2D eigenvalue weighted by Gasteiger charge is -2.40. The van der Waals surface area contributed by atoms with Crippen LogP contribution in [0.25, 0.3) is 5.69 Å². The van der Waals surface area contributed by atoms with Crippen LogP contribution < -0.4 is 10.6 Å². The Hall–Kier alpha value is -3.54. The average Bonchev–Trinajstić information content (AvgIpc) is 3.54. The number of amides is 2. The van der Waals surface area contributed by atoms with E-state index in [1.54, 1.807) is 36.4 Å². The van der Waals surface area contributed by atoms with Crippen molar-refractivity contribution in [1.82, 2.24) is 9.78 Å². The van der Waals surface area contributed by atoms with E-state index in [4.69, 9.17) is 28.9 Å². The summed E-state index contributed by atoms with van der Waals surface area (Å²) in [5, 5.41) is 22.2. The summed E-state index contributed by atoms with van der Waals surface area (Å²) in [6.07, 6.45) is -1.37. The van der Waals surface area contributed by atoms with E-state index in [1.165, 1.54) is 6.92 Å². The van der Waals surface area contributed by atoms with Crippen molar-refractivity contribution in [3.63, 3.8) is 0 Å². The van der Waals surface area contributed by atoms with E-state index in [2.05, 4.69) is 5.10 Å². The first-order chi connectivity index (χ1) is 17.8. The highest BCUT2D eigenvalue weighted by molar-refractivity contribution is 8.45. The molecule has 1 saturated carbocycles. The van der Waals surface area contributed by atoms with Crippen molar-refractivity contribution in [2.45, 2.75) is 36.1 Å². The number of hydrogen-bond donors (Lipinski definition) is 2. The topological polar surface area (TPSA) is 125 Å². The van der Waals surface area contributed by atoms with Gasteiger partial charge >= 0.3 is 16.3 Å². The van der Waals surface area contributed by atoms with E-state index in [1.807, 2.05) is 0 Å². The molecular formula is C23H18Cl2F5N5O3S. The fraction of sp³-hybridized carbons (Fsp3) is 0.217. The monoisotopic (exact) mass is 609 g/mol. The number of aromatic nitrogens is 2. The second-order valence-electron chi connectivity index (χ2n) is 8.96. The Bertz CT molecular complexity index is 1550. The van der Waals surface area contributed by atoms with Crippen molar-refractivity contribution in [1.29, 1.82) is 5.26 Å². The van der Waals surface area contributed by atoms with E-state index in [-0.39, 0.29) is 30.5 Å².